The van der Waals surface area contributed by atoms with Crippen molar-refractivity contribution in [2.45, 2.75) is 25.5 Å². The summed E-state index contributed by atoms with van der Waals surface area (Å²) in [5, 5.41) is 24.7. The number of carbonyl (C=O) groups excluding carboxylic acids is 3. The number of thioether (sulfide) groups is 1. The molecule has 170 valence electrons. The number of carbonyl (C=O) groups is 4. The van der Waals surface area contributed by atoms with Crippen LogP contribution in [0, 0.1) is 0 Å². The van der Waals surface area contributed by atoms with Gasteiger partial charge in [-0.15, -0.1) is 5.10 Å². The van der Waals surface area contributed by atoms with Gasteiger partial charge in [0.1, 0.15) is 5.25 Å². The molecule has 4 N–H and O–H groups in total. The minimum absolute atomic E-state index is 0.0857. The number of rotatable bonds is 7. The summed E-state index contributed by atoms with van der Waals surface area (Å²) < 4.78 is 0. The minimum Gasteiger partial charge on any atom is -0.478 e. The normalized spacial score (nSPS) is 16.9. The molecule has 1 atom stereocenters. The summed E-state index contributed by atoms with van der Waals surface area (Å²) in [6.07, 6.45) is -0.0857. The van der Waals surface area contributed by atoms with Crippen LogP contribution in [-0.4, -0.2) is 44.9 Å². The molecule has 2 aromatic rings. The van der Waals surface area contributed by atoms with Gasteiger partial charge in [0.2, 0.25) is 17.7 Å². The van der Waals surface area contributed by atoms with Gasteiger partial charge < -0.3 is 21.1 Å². The second-order valence-electron chi connectivity index (χ2n) is 7.08. The zero-order valence-corrected chi connectivity index (χ0v) is 18.6. The van der Waals surface area contributed by atoms with Crippen molar-refractivity contribution in [2.75, 3.05) is 10.6 Å². The summed E-state index contributed by atoms with van der Waals surface area (Å²) in [5.41, 5.74) is 2.51. The molecule has 33 heavy (non-hydrogen) atoms. The molecule has 10 nitrogen and oxygen atoms in total. The highest BCUT2D eigenvalue weighted by molar-refractivity contribution is 8.15. The smallest absolute Gasteiger partial charge is 0.335 e. The molecule has 3 amide bonds. The number of hydrogen-bond acceptors (Lipinski definition) is 7. The Labute approximate surface area is 193 Å². The summed E-state index contributed by atoms with van der Waals surface area (Å²) in [6, 6.07) is 12.8. The standard InChI is InChI=1S/C22H21N5O5S/c1-12(15-4-3-5-17(10-15)23-13(2)28)26-27-22-25-20(30)18(33-22)11-19(29)24-16-8-6-14(7-9-16)21(31)32/h3-10,18H,11H2,1-2H3,(H,23,28)(H,24,29)(H,31,32)(H,25,27,30). The number of nitrogens with zero attached hydrogens (tertiary/aromatic N) is 2. The SMILES string of the molecule is CC(=O)Nc1cccc(C(C)=NN=C2NC(=O)C(CC(=O)Nc3ccc(C(=O)O)cc3)S2)c1. The highest BCUT2D eigenvalue weighted by atomic mass is 32.2. The Balaban J connectivity index is 1.59. The van der Waals surface area contributed by atoms with Gasteiger partial charge in [-0.1, -0.05) is 23.9 Å². The predicted molar refractivity (Wildman–Crippen MR) is 127 cm³/mol. The van der Waals surface area contributed by atoms with Gasteiger partial charge >= 0.3 is 5.97 Å². The summed E-state index contributed by atoms with van der Waals surface area (Å²) in [5.74, 6) is -1.98. The fourth-order valence-corrected chi connectivity index (χ4v) is 3.78. The number of amidine groups is 1. The lowest BCUT2D eigenvalue weighted by Crippen LogP contribution is -2.28. The van der Waals surface area contributed by atoms with Crippen LogP contribution >= 0.6 is 11.8 Å². The van der Waals surface area contributed by atoms with Crippen LogP contribution in [0.25, 0.3) is 0 Å². The first-order valence-electron chi connectivity index (χ1n) is 9.82. The van der Waals surface area contributed by atoms with Gasteiger partial charge in [-0.2, -0.15) is 5.10 Å². The molecule has 0 radical (unpaired) electrons. The third-order valence-electron chi connectivity index (χ3n) is 4.45. The first-order chi connectivity index (χ1) is 15.7. The fraction of sp³-hybridized carbons (Fsp3) is 0.182. The quantitative estimate of drug-likeness (QED) is 0.363. The summed E-state index contributed by atoms with van der Waals surface area (Å²) >= 11 is 1.10. The number of amides is 3. The van der Waals surface area contributed by atoms with E-state index in [9.17, 15) is 19.2 Å². The lowest BCUT2D eigenvalue weighted by molar-refractivity contribution is -0.122. The third-order valence-corrected chi connectivity index (χ3v) is 5.53. The van der Waals surface area contributed by atoms with E-state index in [-0.39, 0.29) is 34.9 Å². The molecule has 0 spiro atoms. The molecule has 1 heterocycles. The van der Waals surface area contributed by atoms with E-state index in [1.807, 2.05) is 6.07 Å². The van der Waals surface area contributed by atoms with Gasteiger partial charge in [0, 0.05) is 24.7 Å². The van der Waals surface area contributed by atoms with Crippen LogP contribution in [-0.2, 0) is 14.4 Å². The Morgan fingerprint density at radius 3 is 2.42 bits per heavy atom. The van der Waals surface area contributed by atoms with Crippen LogP contribution in [0.4, 0.5) is 11.4 Å². The van der Waals surface area contributed by atoms with Gasteiger partial charge in [0.05, 0.1) is 11.3 Å². The zero-order chi connectivity index (χ0) is 24.0. The fourth-order valence-electron chi connectivity index (χ4n) is 2.87. The highest BCUT2D eigenvalue weighted by Crippen LogP contribution is 2.23. The number of nitrogens with one attached hydrogen (secondary N) is 3. The van der Waals surface area contributed by atoms with Crippen LogP contribution in [0.1, 0.15) is 36.2 Å². The first-order valence-corrected chi connectivity index (χ1v) is 10.7. The molecule has 0 aliphatic carbocycles. The Bertz CT molecular complexity index is 1160. The molecular weight excluding hydrogens is 446 g/mol. The van der Waals surface area contributed by atoms with Crippen molar-refractivity contribution in [3.63, 3.8) is 0 Å². The maximum Gasteiger partial charge on any atom is 0.335 e. The maximum atomic E-state index is 12.3. The van der Waals surface area contributed by atoms with E-state index in [2.05, 4.69) is 26.2 Å². The van der Waals surface area contributed by atoms with Gasteiger partial charge in [0.15, 0.2) is 5.17 Å². The van der Waals surface area contributed by atoms with E-state index < -0.39 is 11.2 Å². The van der Waals surface area contributed by atoms with E-state index in [4.69, 9.17) is 5.11 Å². The van der Waals surface area contributed by atoms with Crippen molar-refractivity contribution in [3.05, 3.63) is 59.7 Å². The monoisotopic (exact) mass is 467 g/mol. The van der Waals surface area contributed by atoms with Gasteiger partial charge in [0.25, 0.3) is 0 Å². The van der Waals surface area contributed by atoms with Gasteiger partial charge in [-0.25, -0.2) is 4.79 Å². The Hall–Kier alpha value is -3.99. The van der Waals surface area contributed by atoms with E-state index in [0.717, 1.165) is 17.3 Å². The van der Waals surface area contributed by atoms with E-state index in [1.165, 1.54) is 31.2 Å². The lowest BCUT2D eigenvalue weighted by Gasteiger charge is -2.07. The molecule has 1 aliphatic rings. The molecule has 1 aliphatic heterocycles. The average Bonchev–Trinajstić information content (AvgIpc) is 3.11. The zero-order valence-electron chi connectivity index (χ0n) is 17.8. The van der Waals surface area contributed by atoms with Crippen LogP contribution in [0.2, 0.25) is 0 Å². The van der Waals surface area contributed by atoms with Crippen molar-refractivity contribution in [1.82, 2.24) is 5.32 Å². The Morgan fingerprint density at radius 2 is 1.76 bits per heavy atom. The first kappa shape index (κ1) is 23.7. The Kier molecular flexibility index (Phi) is 7.57. The van der Waals surface area contributed by atoms with Gasteiger partial charge in [-0.05, 0) is 48.9 Å². The number of carboxylic acids is 1. The van der Waals surface area contributed by atoms with E-state index in [0.29, 0.717) is 17.1 Å². The highest BCUT2D eigenvalue weighted by Gasteiger charge is 2.32. The van der Waals surface area contributed by atoms with Crippen molar-refractivity contribution < 1.29 is 24.3 Å². The van der Waals surface area contributed by atoms with Crippen molar-refractivity contribution in [2.24, 2.45) is 10.2 Å². The molecule has 11 heteroatoms. The second kappa shape index (κ2) is 10.6. The third kappa shape index (κ3) is 6.74. The maximum absolute atomic E-state index is 12.3. The Morgan fingerprint density at radius 1 is 1.03 bits per heavy atom. The molecule has 1 fully saturated rings. The number of aromatic carboxylic acids is 1. The van der Waals surface area contributed by atoms with Crippen LogP contribution in [0.5, 0.6) is 0 Å². The summed E-state index contributed by atoms with van der Waals surface area (Å²) in [4.78, 5) is 46.6. The molecule has 3 rings (SSSR count). The molecular formula is C22H21N5O5S. The average molecular weight is 468 g/mol. The molecule has 2 aromatic carbocycles. The molecule has 1 saturated heterocycles. The number of benzene rings is 2. The topological polar surface area (TPSA) is 149 Å². The van der Waals surface area contributed by atoms with E-state index >= 15 is 0 Å². The number of hydrogen-bond donors (Lipinski definition) is 4. The largest absolute Gasteiger partial charge is 0.478 e. The van der Waals surface area contributed by atoms with Crippen molar-refractivity contribution in [3.8, 4) is 0 Å². The number of anilines is 2. The predicted octanol–water partition coefficient (Wildman–Crippen LogP) is 2.68. The summed E-state index contributed by atoms with van der Waals surface area (Å²) in [7, 11) is 0. The molecule has 0 saturated carbocycles. The van der Waals surface area contributed by atoms with Crippen molar-refractivity contribution in [1.29, 1.82) is 0 Å². The molecule has 1 unspecified atom stereocenters. The van der Waals surface area contributed by atoms with Crippen LogP contribution in [0.3, 0.4) is 0 Å². The second-order valence-corrected chi connectivity index (χ2v) is 8.27. The van der Waals surface area contributed by atoms with E-state index in [1.54, 1.807) is 25.1 Å². The van der Waals surface area contributed by atoms with Crippen LogP contribution in [0.15, 0.2) is 58.7 Å². The lowest BCUT2D eigenvalue weighted by atomic mass is 10.1. The minimum atomic E-state index is -1.06. The molecule has 0 aromatic heterocycles. The van der Waals surface area contributed by atoms with Crippen LogP contribution < -0.4 is 16.0 Å². The summed E-state index contributed by atoms with van der Waals surface area (Å²) in [6.45, 7) is 3.17. The van der Waals surface area contributed by atoms with Gasteiger partial charge in [-0.3, -0.25) is 14.4 Å². The molecule has 0 bridgehead atoms. The number of carboxylic acid groups (broad SMARTS) is 1. The van der Waals surface area contributed by atoms with Crippen molar-refractivity contribution >= 4 is 57.7 Å².